The number of carbonyl (C=O) groups excluding carboxylic acids is 1. The first-order chi connectivity index (χ1) is 10.0. The summed E-state index contributed by atoms with van der Waals surface area (Å²) < 4.78 is 0. The van der Waals surface area contributed by atoms with E-state index >= 15 is 0 Å². The van der Waals surface area contributed by atoms with Crippen LogP contribution in [0.25, 0.3) is 0 Å². The fourth-order valence-corrected chi connectivity index (χ4v) is 2.20. The van der Waals surface area contributed by atoms with Crippen molar-refractivity contribution < 1.29 is 4.79 Å². The Balaban J connectivity index is 2.15. The van der Waals surface area contributed by atoms with E-state index in [0.717, 1.165) is 16.7 Å². The number of benzene rings is 2. The Kier molecular flexibility index (Phi) is 4.39. The van der Waals surface area contributed by atoms with Crippen LogP contribution in [0.5, 0.6) is 0 Å². The molecule has 0 aromatic heterocycles. The molecule has 0 radical (unpaired) electrons. The lowest BCUT2D eigenvalue weighted by molar-refractivity contribution is 0.0939. The molecule has 106 valence electrons. The zero-order valence-corrected chi connectivity index (χ0v) is 12.5. The molecular formula is C18H18N2O. The van der Waals surface area contributed by atoms with Crippen LogP contribution in [0.15, 0.2) is 42.5 Å². The highest BCUT2D eigenvalue weighted by atomic mass is 16.1. The number of nitrogens with zero attached hydrogens (tertiary/aromatic N) is 1. The summed E-state index contributed by atoms with van der Waals surface area (Å²) in [5, 5.41) is 11.8. The molecule has 3 heteroatoms. The van der Waals surface area contributed by atoms with Gasteiger partial charge in [-0.2, -0.15) is 5.26 Å². The van der Waals surface area contributed by atoms with E-state index in [1.165, 1.54) is 0 Å². The van der Waals surface area contributed by atoms with Crippen LogP contribution in [-0.4, -0.2) is 5.91 Å². The lowest BCUT2D eigenvalue weighted by atomic mass is 10.0. The molecule has 0 bridgehead atoms. The Morgan fingerprint density at radius 1 is 1.14 bits per heavy atom. The lowest BCUT2D eigenvalue weighted by Crippen LogP contribution is -2.27. The maximum atomic E-state index is 12.4. The number of aryl methyl sites for hydroxylation is 1. The summed E-state index contributed by atoms with van der Waals surface area (Å²) in [7, 11) is 0. The molecule has 1 atom stereocenters. The van der Waals surface area contributed by atoms with Crippen molar-refractivity contribution in [3.8, 4) is 6.07 Å². The Morgan fingerprint density at radius 2 is 1.81 bits per heavy atom. The molecule has 3 nitrogen and oxygen atoms in total. The Hall–Kier alpha value is -2.60. The van der Waals surface area contributed by atoms with Crippen LogP contribution in [0.4, 0.5) is 0 Å². The fraction of sp³-hybridized carbons (Fsp3) is 0.222. The molecule has 1 amide bonds. The minimum atomic E-state index is -0.106. The van der Waals surface area contributed by atoms with Gasteiger partial charge < -0.3 is 5.32 Å². The normalized spacial score (nSPS) is 11.5. The van der Waals surface area contributed by atoms with Gasteiger partial charge in [-0.05, 0) is 55.7 Å². The number of nitriles is 1. The van der Waals surface area contributed by atoms with Crippen molar-refractivity contribution in [3.05, 3.63) is 70.3 Å². The Morgan fingerprint density at radius 3 is 2.43 bits per heavy atom. The van der Waals surface area contributed by atoms with Gasteiger partial charge in [0.1, 0.15) is 0 Å². The van der Waals surface area contributed by atoms with Crippen molar-refractivity contribution >= 4 is 5.91 Å². The van der Waals surface area contributed by atoms with Gasteiger partial charge in [-0.3, -0.25) is 4.79 Å². The van der Waals surface area contributed by atoms with E-state index in [1.54, 1.807) is 12.1 Å². The summed E-state index contributed by atoms with van der Waals surface area (Å²) in [5.74, 6) is -0.0759. The van der Waals surface area contributed by atoms with E-state index < -0.39 is 0 Å². The molecule has 0 aliphatic heterocycles. The minimum absolute atomic E-state index is 0.0759. The number of carbonyl (C=O) groups is 1. The minimum Gasteiger partial charge on any atom is -0.346 e. The van der Waals surface area contributed by atoms with E-state index in [4.69, 9.17) is 5.26 Å². The molecular weight excluding hydrogens is 260 g/mol. The number of rotatable bonds is 3. The quantitative estimate of drug-likeness (QED) is 0.931. The molecule has 0 spiro atoms. The first-order valence-electron chi connectivity index (χ1n) is 6.90. The second-order valence-corrected chi connectivity index (χ2v) is 5.18. The number of amides is 1. The lowest BCUT2D eigenvalue weighted by Gasteiger charge is -2.16. The Labute approximate surface area is 125 Å². The average molecular weight is 278 g/mol. The molecule has 0 aliphatic rings. The first-order valence-corrected chi connectivity index (χ1v) is 6.90. The molecule has 2 aromatic rings. The van der Waals surface area contributed by atoms with Crippen molar-refractivity contribution in [3.63, 3.8) is 0 Å². The maximum absolute atomic E-state index is 12.4. The van der Waals surface area contributed by atoms with Crippen LogP contribution >= 0.6 is 0 Å². The van der Waals surface area contributed by atoms with E-state index in [2.05, 4.69) is 11.4 Å². The van der Waals surface area contributed by atoms with Crippen LogP contribution in [0.3, 0.4) is 0 Å². The van der Waals surface area contributed by atoms with E-state index in [-0.39, 0.29) is 11.9 Å². The summed E-state index contributed by atoms with van der Waals surface area (Å²) in [4.78, 5) is 12.4. The molecule has 0 saturated heterocycles. The van der Waals surface area contributed by atoms with E-state index in [0.29, 0.717) is 11.1 Å². The van der Waals surface area contributed by atoms with Crippen molar-refractivity contribution in [2.24, 2.45) is 0 Å². The topological polar surface area (TPSA) is 52.9 Å². The maximum Gasteiger partial charge on any atom is 0.252 e. The zero-order valence-electron chi connectivity index (χ0n) is 12.5. The summed E-state index contributed by atoms with van der Waals surface area (Å²) in [6, 6.07) is 15.0. The van der Waals surface area contributed by atoms with Gasteiger partial charge in [0.2, 0.25) is 0 Å². The van der Waals surface area contributed by atoms with Crippen molar-refractivity contribution in [2.45, 2.75) is 26.8 Å². The van der Waals surface area contributed by atoms with Crippen LogP contribution in [0.2, 0.25) is 0 Å². The second kappa shape index (κ2) is 6.23. The smallest absolute Gasteiger partial charge is 0.252 e. The van der Waals surface area contributed by atoms with Crippen molar-refractivity contribution in [1.82, 2.24) is 5.32 Å². The predicted molar refractivity (Wildman–Crippen MR) is 83.0 cm³/mol. The molecule has 0 fully saturated rings. The molecule has 1 N–H and O–H groups in total. The second-order valence-electron chi connectivity index (χ2n) is 5.18. The number of hydrogen-bond donors (Lipinski definition) is 1. The highest BCUT2D eigenvalue weighted by Crippen LogP contribution is 2.16. The van der Waals surface area contributed by atoms with Crippen LogP contribution in [-0.2, 0) is 0 Å². The fourth-order valence-electron chi connectivity index (χ4n) is 2.20. The van der Waals surface area contributed by atoms with Gasteiger partial charge in [0.05, 0.1) is 17.7 Å². The van der Waals surface area contributed by atoms with Crippen LogP contribution in [0.1, 0.15) is 45.6 Å². The molecule has 0 aliphatic carbocycles. The first kappa shape index (κ1) is 14.8. The molecule has 2 rings (SSSR count). The summed E-state index contributed by atoms with van der Waals surface area (Å²) in [6.45, 7) is 5.89. The van der Waals surface area contributed by atoms with Gasteiger partial charge >= 0.3 is 0 Å². The number of hydrogen-bond acceptors (Lipinski definition) is 2. The molecule has 21 heavy (non-hydrogen) atoms. The monoisotopic (exact) mass is 278 g/mol. The van der Waals surface area contributed by atoms with Crippen LogP contribution < -0.4 is 5.32 Å². The highest BCUT2D eigenvalue weighted by Gasteiger charge is 2.14. The molecule has 0 heterocycles. The zero-order chi connectivity index (χ0) is 15.4. The van der Waals surface area contributed by atoms with Gasteiger partial charge in [0.15, 0.2) is 0 Å². The van der Waals surface area contributed by atoms with Crippen LogP contribution in [0, 0.1) is 25.2 Å². The molecule has 1 unspecified atom stereocenters. The standard InChI is InChI=1S/C18H18N2O/c1-12-5-4-6-17(13(12)2)18(21)20-14(3)16-9-7-15(11-19)8-10-16/h4-10,14H,1-3H3,(H,20,21). The third kappa shape index (κ3) is 3.29. The third-order valence-electron chi connectivity index (χ3n) is 3.74. The average Bonchev–Trinajstić information content (AvgIpc) is 2.50. The van der Waals surface area contributed by atoms with Gasteiger partial charge in [0.25, 0.3) is 5.91 Å². The van der Waals surface area contributed by atoms with E-state index in [9.17, 15) is 4.79 Å². The van der Waals surface area contributed by atoms with Gasteiger partial charge in [0, 0.05) is 5.56 Å². The van der Waals surface area contributed by atoms with Gasteiger partial charge in [-0.1, -0.05) is 24.3 Å². The summed E-state index contributed by atoms with van der Waals surface area (Å²) in [6.07, 6.45) is 0. The van der Waals surface area contributed by atoms with Gasteiger partial charge in [-0.25, -0.2) is 0 Å². The van der Waals surface area contributed by atoms with E-state index in [1.807, 2.05) is 51.1 Å². The molecule has 2 aromatic carbocycles. The summed E-state index contributed by atoms with van der Waals surface area (Å²) >= 11 is 0. The molecule has 0 saturated carbocycles. The third-order valence-corrected chi connectivity index (χ3v) is 3.74. The predicted octanol–water partition coefficient (Wildman–Crippen LogP) is 3.67. The highest BCUT2D eigenvalue weighted by molar-refractivity contribution is 5.96. The number of nitrogens with one attached hydrogen (secondary N) is 1. The Bertz CT molecular complexity index is 696. The van der Waals surface area contributed by atoms with Crippen molar-refractivity contribution in [1.29, 1.82) is 5.26 Å². The van der Waals surface area contributed by atoms with Crippen molar-refractivity contribution in [2.75, 3.05) is 0 Å². The largest absolute Gasteiger partial charge is 0.346 e. The summed E-state index contributed by atoms with van der Waals surface area (Å²) in [5.41, 5.74) is 4.41. The SMILES string of the molecule is Cc1cccc(C(=O)NC(C)c2ccc(C#N)cc2)c1C. The van der Waals surface area contributed by atoms with Gasteiger partial charge in [-0.15, -0.1) is 0 Å².